The molecule has 1 aromatic heterocycles. The van der Waals surface area contributed by atoms with E-state index in [0.717, 1.165) is 37.7 Å². The minimum absolute atomic E-state index is 0.0359. The highest BCUT2D eigenvalue weighted by molar-refractivity contribution is 5.93. The van der Waals surface area contributed by atoms with E-state index in [1.165, 1.54) is 0 Å². The smallest absolute Gasteiger partial charge is 0.247 e. The molecule has 1 amide bonds. The summed E-state index contributed by atoms with van der Waals surface area (Å²) in [7, 11) is 0. The van der Waals surface area contributed by atoms with Crippen molar-refractivity contribution in [1.29, 1.82) is 0 Å². The Morgan fingerprint density at radius 3 is 2.68 bits per heavy atom. The topological polar surface area (TPSA) is 68.0 Å². The van der Waals surface area contributed by atoms with E-state index in [9.17, 15) is 4.79 Å². The Balaban J connectivity index is 2.21. The Kier molecular flexibility index (Phi) is 4.02. The molecule has 0 aromatic carbocycles. The van der Waals surface area contributed by atoms with Gasteiger partial charge in [-0.15, -0.1) is 0 Å². The average molecular weight is 263 g/mol. The predicted molar refractivity (Wildman–Crippen MR) is 71.4 cm³/mol. The summed E-state index contributed by atoms with van der Waals surface area (Å²) in [6.07, 6.45) is 6.68. The molecule has 5 heteroatoms. The molecular formula is C14H21N3O2. The van der Waals surface area contributed by atoms with Crippen molar-refractivity contribution < 1.29 is 9.32 Å². The SMILES string of the molecule is CC/C=C(/C)C(=O)NC1(c2noc(C)n2)CCCC1. The lowest BCUT2D eigenvalue weighted by molar-refractivity contribution is -0.119. The molecule has 0 spiro atoms. The van der Waals surface area contributed by atoms with Gasteiger partial charge in [-0.2, -0.15) is 4.98 Å². The van der Waals surface area contributed by atoms with Crippen LogP contribution in [0.15, 0.2) is 16.2 Å². The number of rotatable bonds is 4. The highest BCUT2D eigenvalue weighted by atomic mass is 16.5. The third-order valence-corrected chi connectivity index (χ3v) is 3.63. The third kappa shape index (κ3) is 2.85. The zero-order valence-corrected chi connectivity index (χ0v) is 11.8. The second kappa shape index (κ2) is 5.55. The standard InChI is InChI=1S/C14H21N3O2/c1-4-7-10(2)12(18)16-14(8-5-6-9-14)13-15-11(3)19-17-13/h7H,4-6,8-9H2,1-3H3,(H,16,18)/b10-7-. The molecule has 2 rings (SSSR count). The molecule has 0 bridgehead atoms. The van der Waals surface area contributed by atoms with Gasteiger partial charge in [-0.3, -0.25) is 4.79 Å². The van der Waals surface area contributed by atoms with Gasteiger partial charge in [0.05, 0.1) is 0 Å². The number of aryl methyl sites for hydroxylation is 1. The first-order valence-corrected chi connectivity index (χ1v) is 6.87. The van der Waals surface area contributed by atoms with E-state index in [2.05, 4.69) is 15.5 Å². The van der Waals surface area contributed by atoms with Crippen LogP contribution < -0.4 is 5.32 Å². The highest BCUT2D eigenvalue weighted by Gasteiger charge is 2.41. The Morgan fingerprint density at radius 2 is 2.16 bits per heavy atom. The number of aromatic nitrogens is 2. The second-order valence-corrected chi connectivity index (χ2v) is 5.18. The van der Waals surface area contributed by atoms with Gasteiger partial charge in [0.2, 0.25) is 11.8 Å². The summed E-state index contributed by atoms with van der Waals surface area (Å²) in [5.74, 6) is 1.11. The summed E-state index contributed by atoms with van der Waals surface area (Å²) in [6.45, 7) is 5.62. The Labute approximate surface area is 113 Å². The fourth-order valence-electron chi connectivity index (χ4n) is 2.59. The van der Waals surface area contributed by atoms with E-state index < -0.39 is 5.54 Å². The van der Waals surface area contributed by atoms with Crippen LogP contribution in [0.4, 0.5) is 0 Å². The van der Waals surface area contributed by atoms with Gasteiger partial charge in [0.25, 0.3) is 0 Å². The lowest BCUT2D eigenvalue weighted by atomic mass is 9.96. The number of carbonyl (C=O) groups is 1. The van der Waals surface area contributed by atoms with Crippen LogP contribution in [0, 0.1) is 6.92 Å². The fourth-order valence-corrected chi connectivity index (χ4v) is 2.59. The second-order valence-electron chi connectivity index (χ2n) is 5.18. The lowest BCUT2D eigenvalue weighted by Crippen LogP contribution is -2.45. The largest absolute Gasteiger partial charge is 0.340 e. The zero-order chi connectivity index (χ0) is 13.9. The molecule has 1 aliphatic carbocycles. The molecule has 1 saturated carbocycles. The van der Waals surface area contributed by atoms with Gasteiger partial charge in [-0.05, 0) is 26.2 Å². The van der Waals surface area contributed by atoms with E-state index in [4.69, 9.17) is 4.52 Å². The molecule has 0 radical (unpaired) electrons. The third-order valence-electron chi connectivity index (χ3n) is 3.63. The molecule has 1 heterocycles. The molecule has 1 N–H and O–H groups in total. The van der Waals surface area contributed by atoms with E-state index in [-0.39, 0.29) is 5.91 Å². The maximum absolute atomic E-state index is 12.2. The first-order valence-electron chi connectivity index (χ1n) is 6.87. The molecule has 0 aliphatic heterocycles. The van der Waals surface area contributed by atoms with Crippen molar-refractivity contribution in [3.8, 4) is 0 Å². The summed E-state index contributed by atoms with van der Waals surface area (Å²) in [6, 6.07) is 0. The van der Waals surface area contributed by atoms with Gasteiger partial charge < -0.3 is 9.84 Å². The number of nitrogens with zero attached hydrogens (tertiary/aromatic N) is 2. The first kappa shape index (κ1) is 13.8. The molecule has 5 nitrogen and oxygen atoms in total. The van der Waals surface area contributed by atoms with Crippen molar-refractivity contribution >= 4 is 5.91 Å². The number of amides is 1. The van der Waals surface area contributed by atoms with Gasteiger partial charge in [0.1, 0.15) is 5.54 Å². The molecule has 1 aliphatic rings. The molecule has 19 heavy (non-hydrogen) atoms. The van der Waals surface area contributed by atoms with Crippen LogP contribution in [-0.2, 0) is 10.3 Å². The van der Waals surface area contributed by atoms with Crippen molar-refractivity contribution in [3.63, 3.8) is 0 Å². The number of carbonyl (C=O) groups excluding carboxylic acids is 1. The summed E-state index contributed by atoms with van der Waals surface area (Å²) in [4.78, 5) is 16.5. The van der Waals surface area contributed by atoms with Crippen LogP contribution in [0.1, 0.15) is 57.7 Å². The van der Waals surface area contributed by atoms with Gasteiger partial charge in [-0.25, -0.2) is 0 Å². The molecule has 0 unspecified atom stereocenters. The van der Waals surface area contributed by atoms with Crippen molar-refractivity contribution in [2.45, 2.75) is 58.4 Å². The maximum Gasteiger partial charge on any atom is 0.247 e. The van der Waals surface area contributed by atoms with Crippen LogP contribution in [-0.4, -0.2) is 16.0 Å². The average Bonchev–Trinajstić information content (AvgIpc) is 2.99. The van der Waals surface area contributed by atoms with Crippen molar-refractivity contribution in [1.82, 2.24) is 15.5 Å². The minimum atomic E-state index is -0.447. The monoisotopic (exact) mass is 263 g/mol. The summed E-state index contributed by atoms with van der Waals surface area (Å²) >= 11 is 0. The summed E-state index contributed by atoms with van der Waals surface area (Å²) < 4.78 is 5.06. The zero-order valence-electron chi connectivity index (χ0n) is 11.8. The quantitative estimate of drug-likeness (QED) is 0.848. The number of nitrogens with one attached hydrogen (secondary N) is 1. The van der Waals surface area contributed by atoms with Crippen molar-refractivity contribution in [3.05, 3.63) is 23.4 Å². The number of hydrogen-bond donors (Lipinski definition) is 1. The summed E-state index contributed by atoms with van der Waals surface area (Å²) in [5.41, 5.74) is 0.298. The van der Waals surface area contributed by atoms with Gasteiger partial charge in [0.15, 0.2) is 5.82 Å². The summed E-state index contributed by atoms with van der Waals surface area (Å²) in [5, 5.41) is 7.12. The van der Waals surface area contributed by atoms with Crippen LogP contribution >= 0.6 is 0 Å². The van der Waals surface area contributed by atoms with Crippen LogP contribution in [0.2, 0.25) is 0 Å². The Morgan fingerprint density at radius 1 is 1.47 bits per heavy atom. The van der Waals surface area contributed by atoms with E-state index >= 15 is 0 Å². The molecule has 0 atom stereocenters. The van der Waals surface area contributed by atoms with Crippen LogP contribution in [0.3, 0.4) is 0 Å². The van der Waals surface area contributed by atoms with Gasteiger partial charge in [-0.1, -0.05) is 31.0 Å². The Bertz CT molecular complexity index is 485. The lowest BCUT2D eigenvalue weighted by Gasteiger charge is -2.26. The maximum atomic E-state index is 12.2. The van der Waals surface area contributed by atoms with Crippen LogP contribution in [0.25, 0.3) is 0 Å². The Hall–Kier alpha value is -1.65. The van der Waals surface area contributed by atoms with E-state index in [1.807, 2.05) is 19.9 Å². The molecule has 1 aromatic rings. The van der Waals surface area contributed by atoms with E-state index in [1.54, 1.807) is 6.92 Å². The van der Waals surface area contributed by atoms with Gasteiger partial charge >= 0.3 is 0 Å². The van der Waals surface area contributed by atoms with Gasteiger partial charge in [0, 0.05) is 12.5 Å². The highest BCUT2D eigenvalue weighted by Crippen LogP contribution is 2.37. The fraction of sp³-hybridized carbons (Fsp3) is 0.643. The van der Waals surface area contributed by atoms with Crippen molar-refractivity contribution in [2.75, 3.05) is 0 Å². The predicted octanol–water partition coefficient (Wildman–Crippen LogP) is 2.62. The number of hydrogen-bond acceptors (Lipinski definition) is 4. The van der Waals surface area contributed by atoms with E-state index in [0.29, 0.717) is 11.7 Å². The number of allylic oxidation sites excluding steroid dienone is 1. The minimum Gasteiger partial charge on any atom is -0.340 e. The first-order chi connectivity index (χ1) is 9.07. The molecule has 1 fully saturated rings. The normalized spacial score (nSPS) is 18.6. The molecular weight excluding hydrogens is 242 g/mol. The van der Waals surface area contributed by atoms with Crippen LogP contribution in [0.5, 0.6) is 0 Å². The van der Waals surface area contributed by atoms with Crippen molar-refractivity contribution in [2.24, 2.45) is 0 Å². The molecule has 104 valence electrons. The molecule has 0 saturated heterocycles.